The van der Waals surface area contributed by atoms with Crippen LogP contribution in [0.2, 0.25) is 0 Å². The molecule has 0 spiro atoms. The van der Waals surface area contributed by atoms with E-state index >= 15 is 0 Å². The topological polar surface area (TPSA) is 33.2 Å². The molecule has 0 saturated carbocycles. The summed E-state index contributed by atoms with van der Waals surface area (Å²) in [5, 5.41) is 0. The molecule has 2 rings (SSSR count). The van der Waals surface area contributed by atoms with E-state index in [1.807, 2.05) is 48.7 Å². The fourth-order valence-electron chi connectivity index (χ4n) is 1.98. The van der Waals surface area contributed by atoms with Gasteiger partial charge in [0, 0.05) is 24.0 Å². The van der Waals surface area contributed by atoms with Crippen LogP contribution in [0.3, 0.4) is 0 Å². The summed E-state index contributed by atoms with van der Waals surface area (Å²) in [6, 6.07) is 13.7. The number of rotatable bonds is 5. The Labute approximate surface area is 113 Å². The molecule has 0 fully saturated rings. The van der Waals surface area contributed by atoms with Crippen molar-refractivity contribution >= 4 is 11.5 Å². The number of hydrogen-bond acceptors (Lipinski definition) is 3. The number of anilines is 1. The van der Waals surface area contributed by atoms with Gasteiger partial charge in [-0.05, 0) is 50.2 Å². The first-order valence-electron chi connectivity index (χ1n) is 6.46. The number of nitrogens with zero attached hydrogens (tertiary/aromatic N) is 2. The molecule has 0 N–H and O–H groups in total. The third-order valence-corrected chi connectivity index (χ3v) is 3.10. The lowest BCUT2D eigenvalue weighted by atomic mass is 10.1. The van der Waals surface area contributed by atoms with Gasteiger partial charge < -0.3 is 4.90 Å². The van der Waals surface area contributed by atoms with Gasteiger partial charge in [-0.15, -0.1) is 0 Å². The van der Waals surface area contributed by atoms with Crippen molar-refractivity contribution in [2.45, 2.75) is 20.4 Å². The van der Waals surface area contributed by atoms with Crippen molar-refractivity contribution in [2.75, 3.05) is 11.4 Å². The predicted octanol–water partition coefficient (Wildman–Crippen LogP) is 3.31. The van der Waals surface area contributed by atoms with Crippen molar-refractivity contribution in [3.05, 3.63) is 59.9 Å². The van der Waals surface area contributed by atoms with E-state index in [-0.39, 0.29) is 5.78 Å². The standard InChI is InChI=1S/C16H18N2O/c1-3-18(12-15-6-4-5-11-17-15)16-9-7-14(8-10-16)13(2)19/h4-11H,3,12H2,1-2H3. The summed E-state index contributed by atoms with van der Waals surface area (Å²) in [4.78, 5) is 17.8. The Balaban J connectivity index is 2.15. The molecule has 0 unspecified atom stereocenters. The van der Waals surface area contributed by atoms with E-state index in [0.29, 0.717) is 0 Å². The molecule has 0 saturated heterocycles. The molecule has 0 aliphatic heterocycles. The van der Waals surface area contributed by atoms with Crippen LogP contribution in [0, 0.1) is 0 Å². The molecular formula is C16H18N2O. The highest BCUT2D eigenvalue weighted by molar-refractivity contribution is 5.94. The molecule has 0 aliphatic carbocycles. The molecule has 0 radical (unpaired) electrons. The van der Waals surface area contributed by atoms with Crippen molar-refractivity contribution < 1.29 is 4.79 Å². The quantitative estimate of drug-likeness (QED) is 0.767. The van der Waals surface area contributed by atoms with Gasteiger partial charge in [0.2, 0.25) is 0 Å². The third-order valence-electron chi connectivity index (χ3n) is 3.10. The van der Waals surface area contributed by atoms with Crippen LogP contribution in [0.5, 0.6) is 0 Å². The van der Waals surface area contributed by atoms with Crippen molar-refractivity contribution in [3.8, 4) is 0 Å². The summed E-state index contributed by atoms with van der Waals surface area (Å²) >= 11 is 0. The van der Waals surface area contributed by atoms with E-state index in [1.165, 1.54) is 0 Å². The number of aromatic nitrogens is 1. The van der Waals surface area contributed by atoms with Gasteiger partial charge in [0.25, 0.3) is 0 Å². The minimum Gasteiger partial charge on any atom is -0.366 e. The first-order chi connectivity index (χ1) is 9.20. The van der Waals surface area contributed by atoms with Crippen molar-refractivity contribution in [3.63, 3.8) is 0 Å². The minimum atomic E-state index is 0.0966. The van der Waals surface area contributed by atoms with Crippen LogP contribution in [0.4, 0.5) is 5.69 Å². The number of carbonyl (C=O) groups is 1. The van der Waals surface area contributed by atoms with E-state index in [0.717, 1.165) is 30.0 Å². The molecule has 0 amide bonds. The first kappa shape index (κ1) is 13.3. The van der Waals surface area contributed by atoms with Crippen LogP contribution in [0.15, 0.2) is 48.7 Å². The molecular weight excluding hydrogens is 236 g/mol. The highest BCUT2D eigenvalue weighted by Gasteiger charge is 2.07. The molecule has 0 atom stereocenters. The van der Waals surface area contributed by atoms with Gasteiger partial charge in [-0.3, -0.25) is 9.78 Å². The average molecular weight is 254 g/mol. The van der Waals surface area contributed by atoms with Crippen molar-refractivity contribution in [1.29, 1.82) is 0 Å². The van der Waals surface area contributed by atoms with E-state index in [1.54, 1.807) is 6.92 Å². The highest BCUT2D eigenvalue weighted by atomic mass is 16.1. The fourth-order valence-corrected chi connectivity index (χ4v) is 1.98. The molecule has 98 valence electrons. The SMILES string of the molecule is CCN(Cc1ccccn1)c1ccc(C(C)=O)cc1. The second-order valence-corrected chi connectivity index (χ2v) is 4.44. The molecule has 2 aromatic rings. The van der Waals surface area contributed by atoms with Crippen molar-refractivity contribution in [1.82, 2.24) is 4.98 Å². The predicted molar refractivity (Wildman–Crippen MR) is 77.4 cm³/mol. The molecule has 1 heterocycles. The maximum absolute atomic E-state index is 11.3. The van der Waals surface area contributed by atoms with E-state index in [2.05, 4.69) is 16.8 Å². The third kappa shape index (κ3) is 3.41. The molecule has 3 heteroatoms. The first-order valence-corrected chi connectivity index (χ1v) is 6.46. The largest absolute Gasteiger partial charge is 0.366 e. The Morgan fingerprint density at radius 3 is 2.42 bits per heavy atom. The van der Waals surface area contributed by atoms with Gasteiger partial charge in [-0.2, -0.15) is 0 Å². The minimum absolute atomic E-state index is 0.0966. The normalized spacial score (nSPS) is 10.2. The summed E-state index contributed by atoms with van der Waals surface area (Å²) in [7, 11) is 0. The van der Waals surface area contributed by atoms with E-state index < -0.39 is 0 Å². The number of benzene rings is 1. The van der Waals surface area contributed by atoms with Crippen LogP contribution in [-0.2, 0) is 6.54 Å². The molecule has 0 bridgehead atoms. The van der Waals surface area contributed by atoms with E-state index in [9.17, 15) is 4.79 Å². The lowest BCUT2D eigenvalue weighted by molar-refractivity contribution is 0.101. The van der Waals surface area contributed by atoms with Gasteiger partial charge in [0.05, 0.1) is 12.2 Å². The maximum atomic E-state index is 11.3. The monoisotopic (exact) mass is 254 g/mol. The van der Waals surface area contributed by atoms with Gasteiger partial charge in [-0.1, -0.05) is 6.07 Å². The number of ketones is 1. The van der Waals surface area contributed by atoms with Gasteiger partial charge in [0.1, 0.15) is 0 Å². The maximum Gasteiger partial charge on any atom is 0.159 e. The summed E-state index contributed by atoms with van der Waals surface area (Å²) in [6.07, 6.45) is 1.81. The zero-order chi connectivity index (χ0) is 13.7. The van der Waals surface area contributed by atoms with Crippen LogP contribution in [0.1, 0.15) is 29.9 Å². The zero-order valence-electron chi connectivity index (χ0n) is 11.3. The fraction of sp³-hybridized carbons (Fsp3) is 0.250. The van der Waals surface area contributed by atoms with Gasteiger partial charge in [-0.25, -0.2) is 0 Å². The summed E-state index contributed by atoms with van der Waals surface area (Å²) in [6.45, 7) is 5.37. The zero-order valence-corrected chi connectivity index (χ0v) is 11.3. The van der Waals surface area contributed by atoms with E-state index in [4.69, 9.17) is 0 Å². The smallest absolute Gasteiger partial charge is 0.159 e. The van der Waals surface area contributed by atoms with Gasteiger partial charge in [0.15, 0.2) is 5.78 Å². The summed E-state index contributed by atoms with van der Waals surface area (Å²) in [5.74, 6) is 0.0966. The Kier molecular flexibility index (Phi) is 4.29. The molecule has 1 aromatic heterocycles. The average Bonchev–Trinajstić information content (AvgIpc) is 2.46. The molecule has 3 nitrogen and oxygen atoms in total. The Bertz CT molecular complexity index is 534. The van der Waals surface area contributed by atoms with Gasteiger partial charge >= 0.3 is 0 Å². The molecule has 1 aromatic carbocycles. The lowest BCUT2D eigenvalue weighted by Gasteiger charge is -2.22. The Morgan fingerprint density at radius 2 is 1.89 bits per heavy atom. The number of Topliss-reactive ketones (excluding diaryl/α,β-unsaturated/α-hetero) is 1. The Morgan fingerprint density at radius 1 is 1.16 bits per heavy atom. The lowest BCUT2D eigenvalue weighted by Crippen LogP contribution is -2.22. The van der Waals surface area contributed by atoms with Crippen LogP contribution in [0.25, 0.3) is 0 Å². The van der Waals surface area contributed by atoms with Crippen LogP contribution in [-0.4, -0.2) is 17.3 Å². The van der Waals surface area contributed by atoms with Crippen LogP contribution < -0.4 is 4.90 Å². The summed E-state index contributed by atoms with van der Waals surface area (Å²) < 4.78 is 0. The van der Waals surface area contributed by atoms with Crippen LogP contribution >= 0.6 is 0 Å². The Hall–Kier alpha value is -2.16. The number of pyridine rings is 1. The second-order valence-electron chi connectivity index (χ2n) is 4.44. The highest BCUT2D eigenvalue weighted by Crippen LogP contribution is 2.17. The second kappa shape index (κ2) is 6.14. The number of carbonyl (C=O) groups excluding carboxylic acids is 1. The molecule has 0 aliphatic rings. The summed E-state index contributed by atoms with van der Waals surface area (Å²) in [5.41, 5.74) is 2.90. The molecule has 19 heavy (non-hydrogen) atoms. The number of hydrogen-bond donors (Lipinski definition) is 0. The van der Waals surface area contributed by atoms with Crippen molar-refractivity contribution in [2.24, 2.45) is 0 Å².